The molecule has 1 aliphatic rings. The van der Waals surface area contributed by atoms with Gasteiger partial charge in [0.05, 0.1) is 30.7 Å². The minimum absolute atomic E-state index is 0.109. The fourth-order valence-corrected chi connectivity index (χ4v) is 2.23. The van der Waals surface area contributed by atoms with Crippen molar-refractivity contribution in [3.63, 3.8) is 0 Å². The van der Waals surface area contributed by atoms with Gasteiger partial charge in [-0.25, -0.2) is 4.79 Å². The summed E-state index contributed by atoms with van der Waals surface area (Å²) in [4.78, 5) is 25.6. The van der Waals surface area contributed by atoms with Crippen molar-refractivity contribution in [2.75, 3.05) is 26.8 Å². The molecule has 0 aromatic carbocycles. The Morgan fingerprint density at radius 3 is 2.52 bits per heavy atom. The second-order valence-corrected chi connectivity index (χ2v) is 5.18. The number of hydrogen-bond acceptors (Lipinski definition) is 8. The third kappa shape index (κ3) is 4.91. The van der Waals surface area contributed by atoms with Gasteiger partial charge in [-0.05, 0) is 0 Å². The van der Waals surface area contributed by atoms with Crippen LogP contribution in [0, 0.1) is 0 Å². The SMILES string of the molecule is COC1=C(N[C@@H](CN)C(=O)O)C[C@](O)(CO)CC1=NCC(=O)O. The van der Waals surface area contributed by atoms with E-state index in [1.165, 1.54) is 7.11 Å². The van der Waals surface area contributed by atoms with Crippen LogP contribution in [0.15, 0.2) is 16.4 Å². The number of nitrogens with one attached hydrogen (secondary N) is 1. The molecular formula is C13H21N3O7. The predicted molar refractivity (Wildman–Crippen MR) is 78.9 cm³/mol. The first-order valence-electron chi connectivity index (χ1n) is 6.81. The predicted octanol–water partition coefficient (Wildman–Crippen LogP) is -2.11. The summed E-state index contributed by atoms with van der Waals surface area (Å²) in [5.41, 5.74) is 4.10. The summed E-state index contributed by atoms with van der Waals surface area (Å²) in [7, 11) is 1.31. The molecular weight excluding hydrogens is 310 g/mol. The minimum Gasteiger partial charge on any atom is -0.493 e. The Kier molecular flexibility index (Phi) is 6.49. The zero-order valence-electron chi connectivity index (χ0n) is 12.7. The number of nitrogens with two attached hydrogens (primary N) is 1. The van der Waals surface area contributed by atoms with E-state index < -0.39 is 36.7 Å². The number of carboxylic acids is 2. The number of nitrogens with zero attached hydrogens (tertiary/aromatic N) is 1. The van der Waals surface area contributed by atoms with Gasteiger partial charge in [-0.15, -0.1) is 0 Å². The Morgan fingerprint density at radius 2 is 2.09 bits per heavy atom. The highest BCUT2D eigenvalue weighted by atomic mass is 16.5. The summed E-state index contributed by atoms with van der Waals surface area (Å²) < 4.78 is 5.18. The molecule has 0 amide bonds. The fraction of sp³-hybridized carbons (Fsp3) is 0.615. The molecule has 0 saturated carbocycles. The van der Waals surface area contributed by atoms with Crippen LogP contribution in [-0.4, -0.2) is 76.5 Å². The first kappa shape index (κ1) is 18.9. The Hall–Kier alpha value is -2.17. The zero-order chi connectivity index (χ0) is 17.6. The largest absolute Gasteiger partial charge is 0.493 e. The third-order valence-electron chi connectivity index (χ3n) is 3.32. The average Bonchev–Trinajstić information content (AvgIpc) is 2.49. The van der Waals surface area contributed by atoms with E-state index in [9.17, 15) is 19.8 Å². The number of aliphatic hydroxyl groups excluding tert-OH is 1. The molecule has 0 fully saturated rings. The van der Waals surface area contributed by atoms with Gasteiger partial charge in [0.2, 0.25) is 0 Å². The number of aliphatic hydroxyl groups is 2. The number of methoxy groups -OCH3 is 1. The highest BCUT2D eigenvalue weighted by molar-refractivity contribution is 6.01. The molecule has 0 aromatic rings. The quantitative estimate of drug-likeness (QED) is 0.291. The molecule has 0 aliphatic heterocycles. The van der Waals surface area contributed by atoms with Gasteiger partial charge in [0.25, 0.3) is 0 Å². The van der Waals surface area contributed by atoms with Crippen LogP contribution in [0.4, 0.5) is 0 Å². The van der Waals surface area contributed by atoms with Crippen molar-refractivity contribution in [1.29, 1.82) is 0 Å². The zero-order valence-corrected chi connectivity index (χ0v) is 12.7. The Morgan fingerprint density at radius 1 is 1.43 bits per heavy atom. The lowest BCUT2D eigenvalue weighted by Crippen LogP contribution is -2.48. The van der Waals surface area contributed by atoms with E-state index in [2.05, 4.69) is 10.3 Å². The summed E-state index contributed by atoms with van der Waals surface area (Å²) >= 11 is 0. The van der Waals surface area contributed by atoms with E-state index in [1.807, 2.05) is 0 Å². The van der Waals surface area contributed by atoms with Crippen molar-refractivity contribution in [2.45, 2.75) is 24.5 Å². The molecule has 10 nitrogen and oxygen atoms in total. The lowest BCUT2D eigenvalue weighted by atomic mass is 9.85. The summed E-state index contributed by atoms with van der Waals surface area (Å²) in [6.45, 7) is -1.37. The van der Waals surface area contributed by atoms with Crippen molar-refractivity contribution in [3.05, 3.63) is 11.5 Å². The normalized spacial score (nSPS) is 24.4. The van der Waals surface area contributed by atoms with E-state index in [-0.39, 0.29) is 36.6 Å². The lowest BCUT2D eigenvalue weighted by Gasteiger charge is -2.34. The Bertz CT molecular complexity index is 532. The number of carboxylic acid groups (broad SMARTS) is 2. The monoisotopic (exact) mass is 331 g/mol. The molecule has 0 saturated heterocycles. The molecule has 0 aromatic heterocycles. The maximum atomic E-state index is 11.1. The number of aliphatic carboxylic acids is 2. The number of carbonyl (C=O) groups is 2. The van der Waals surface area contributed by atoms with Gasteiger partial charge in [-0.1, -0.05) is 0 Å². The van der Waals surface area contributed by atoms with Crippen LogP contribution in [0.2, 0.25) is 0 Å². The van der Waals surface area contributed by atoms with Gasteiger partial charge in [-0.3, -0.25) is 9.79 Å². The van der Waals surface area contributed by atoms with Crippen LogP contribution in [0.5, 0.6) is 0 Å². The average molecular weight is 331 g/mol. The van der Waals surface area contributed by atoms with Gasteiger partial charge in [0.15, 0.2) is 5.76 Å². The van der Waals surface area contributed by atoms with Crippen molar-refractivity contribution in [1.82, 2.24) is 5.32 Å². The second kappa shape index (κ2) is 7.90. The standard InChI is InChI=1S/C13H21N3O7/c1-23-11-7(15-5-10(18)19)2-13(22,6-17)3-8(11)16-9(4-14)12(20)21/h9,16-17,22H,2-6,14H2,1H3,(H,18,19)(H,20,21)/t9-,13-/m0/s1. The minimum atomic E-state index is -1.60. The van der Waals surface area contributed by atoms with E-state index in [0.717, 1.165) is 0 Å². The Labute approximate surface area is 132 Å². The summed E-state index contributed by atoms with van der Waals surface area (Å²) in [5, 5.41) is 40.1. The van der Waals surface area contributed by atoms with Crippen LogP contribution in [0.25, 0.3) is 0 Å². The second-order valence-electron chi connectivity index (χ2n) is 5.18. The maximum absolute atomic E-state index is 11.1. The molecule has 2 atom stereocenters. The van der Waals surface area contributed by atoms with Gasteiger partial charge in [-0.2, -0.15) is 0 Å². The first-order valence-corrected chi connectivity index (χ1v) is 6.81. The van der Waals surface area contributed by atoms with Crippen LogP contribution in [0.3, 0.4) is 0 Å². The van der Waals surface area contributed by atoms with Crippen molar-refractivity contribution >= 4 is 17.7 Å². The number of hydrogen-bond donors (Lipinski definition) is 6. The lowest BCUT2D eigenvalue weighted by molar-refractivity contribution is -0.139. The van der Waals surface area contributed by atoms with Gasteiger partial charge in [0.1, 0.15) is 12.6 Å². The highest BCUT2D eigenvalue weighted by Crippen LogP contribution is 2.30. The molecule has 0 spiro atoms. The first-order chi connectivity index (χ1) is 10.8. The maximum Gasteiger partial charge on any atom is 0.327 e. The summed E-state index contributed by atoms with van der Waals surface area (Å²) in [6.07, 6.45) is -0.228. The molecule has 0 bridgehead atoms. The van der Waals surface area contributed by atoms with Gasteiger partial charge in [0, 0.05) is 19.4 Å². The summed E-state index contributed by atoms with van der Waals surface area (Å²) in [5.74, 6) is -2.23. The van der Waals surface area contributed by atoms with Crippen LogP contribution < -0.4 is 11.1 Å². The van der Waals surface area contributed by atoms with Crippen LogP contribution in [0.1, 0.15) is 12.8 Å². The molecule has 7 N–H and O–H groups in total. The van der Waals surface area contributed by atoms with E-state index in [4.69, 9.17) is 20.7 Å². The molecule has 0 unspecified atom stereocenters. The highest BCUT2D eigenvalue weighted by Gasteiger charge is 2.38. The Balaban J connectivity index is 3.24. The molecule has 1 aliphatic carbocycles. The number of allylic oxidation sites excluding steroid dienone is 1. The van der Waals surface area contributed by atoms with Gasteiger partial charge < -0.3 is 36.2 Å². The van der Waals surface area contributed by atoms with Crippen LogP contribution in [-0.2, 0) is 14.3 Å². The molecule has 0 heterocycles. The fourth-order valence-electron chi connectivity index (χ4n) is 2.23. The molecule has 10 heteroatoms. The number of rotatable bonds is 8. The van der Waals surface area contributed by atoms with Crippen molar-refractivity contribution in [2.24, 2.45) is 10.7 Å². The molecule has 23 heavy (non-hydrogen) atoms. The van der Waals surface area contributed by atoms with E-state index >= 15 is 0 Å². The number of ether oxygens (including phenoxy) is 1. The summed E-state index contributed by atoms with van der Waals surface area (Å²) in [6, 6.07) is -1.13. The van der Waals surface area contributed by atoms with Gasteiger partial charge >= 0.3 is 11.9 Å². The van der Waals surface area contributed by atoms with E-state index in [1.54, 1.807) is 0 Å². The molecule has 130 valence electrons. The van der Waals surface area contributed by atoms with E-state index in [0.29, 0.717) is 0 Å². The molecule has 0 radical (unpaired) electrons. The molecule has 1 rings (SSSR count). The van der Waals surface area contributed by atoms with Crippen molar-refractivity contribution in [3.8, 4) is 0 Å². The third-order valence-corrected chi connectivity index (χ3v) is 3.32. The number of aliphatic imine (C=N–C) groups is 1. The smallest absolute Gasteiger partial charge is 0.327 e. The van der Waals surface area contributed by atoms with Crippen molar-refractivity contribution < 1.29 is 34.8 Å². The van der Waals surface area contributed by atoms with Crippen LogP contribution >= 0.6 is 0 Å². The topological polar surface area (TPSA) is 175 Å².